The number of nitrogens with one attached hydrogen (secondary N) is 1. The van der Waals surface area contributed by atoms with Crippen LogP contribution in [0.1, 0.15) is 11.1 Å². The topological polar surface area (TPSA) is 75.7 Å². The zero-order valence-electron chi connectivity index (χ0n) is 15.2. The van der Waals surface area contributed by atoms with Gasteiger partial charge in [-0.05, 0) is 60.7 Å². The van der Waals surface area contributed by atoms with Crippen LogP contribution in [0.5, 0.6) is 5.75 Å². The molecule has 3 rings (SSSR count). The predicted molar refractivity (Wildman–Crippen MR) is 113 cm³/mol. The van der Waals surface area contributed by atoms with Gasteiger partial charge in [-0.25, -0.2) is 0 Å². The number of thioether (sulfide) groups is 1. The number of hydrogen-bond donors (Lipinski definition) is 1. The third-order valence-corrected chi connectivity index (χ3v) is 5.36. The Balaban J connectivity index is 1.75. The molecule has 2 aromatic rings. The molecule has 3 amide bonds. The highest BCUT2D eigenvalue weighted by Gasteiger charge is 2.36. The summed E-state index contributed by atoms with van der Waals surface area (Å²) in [4.78, 5) is 38.3. The second kappa shape index (κ2) is 8.62. The van der Waals surface area contributed by atoms with Crippen LogP contribution < -0.4 is 10.1 Å². The van der Waals surface area contributed by atoms with Crippen LogP contribution in [0.15, 0.2) is 51.8 Å². The normalized spacial score (nSPS) is 15.2. The number of imide groups is 1. The van der Waals surface area contributed by atoms with Crippen LogP contribution in [0.25, 0.3) is 6.08 Å². The lowest BCUT2D eigenvalue weighted by Crippen LogP contribution is -2.36. The number of hydrogen-bond acceptors (Lipinski definition) is 5. The number of nitrogens with zero attached hydrogens (tertiary/aromatic N) is 1. The van der Waals surface area contributed by atoms with E-state index in [0.29, 0.717) is 17.0 Å². The van der Waals surface area contributed by atoms with Crippen LogP contribution in [0, 0.1) is 6.92 Å². The molecule has 1 aliphatic rings. The van der Waals surface area contributed by atoms with E-state index in [2.05, 4.69) is 21.2 Å². The minimum Gasteiger partial charge on any atom is -0.496 e. The smallest absolute Gasteiger partial charge is 0.294 e. The average molecular weight is 461 g/mol. The van der Waals surface area contributed by atoms with E-state index >= 15 is 0 Å². The first-order valence-corrected chi connectivity index (χ1v) is 9.94. The molecule has 0 aliphatic carbocycles. The van der Waals surface area contributed by atoms with Crippen LogP contribution in [0.2, 0.25) is 0 Å². The Hall–Kier alpha value is -2.58. The first kappa shape index (κ1) is 20.2. The molecule has 8 heteroatoms. The number of benzene rings is 2. The zero-order chi connectivity index (χ0) is 20.3. The summed E-state index contributed by atoms with van der Waals surface area (Å²) in [5, 5.41) is 2.22. The van der Waals surface area contributed by atoms with Gasteiger partial charge in [-0.15, -0.1) is 0 Å². The number of amides is 3. The van der Waals surface area contributed by atoms with Crippen molar-refractivity contribution in [2.75, 3.05) is 19.0 Å². The van der Waals surface area contributed by atoms with Gasteiger partial charge in [-0.3, -0.25) is 19.3 Å². The van der Waals surface area contributed by atoms with E-state index in [9.17, 15) is 14.4 Å². The monoisotopic (exact) mass is 460 g/mol. The van der Waals surface area contributed by atoms with Gasteiger partial charge in [-0.1, -0.05) is 28.1 Å². The van der Waals surface area contributed by atoms with Gasteiger partial charge in [0.2, 0.25) is 5.91 Å². The maximum absolute atomic E-state index is 12.6. The maximum atomic E-state index is 12.6. The van der Waals surface area contributed by atoms with Crippen molar-refractivity contribution in [1.29, 1.82) is 0 Å². The SMILES string of the molecule is COc1ccc(Br)cc1/C=C1/SC(=O)N(CC(=O)Nc2cccc(C)c2)C1=O. The van der Waals surface area contributed by atoms with Crippen LogP contribution in [0.4, 0.5) is 10.5 Å². The zero-order valence-corrected chi connectivity index (χ0v) is 17.6. The molecule has 1 aliphatic heterocycles. The molecule has 6 nitrogen and oxygen atoms in total. The second-order valence-electron chi connectivity index (χ2n) is 6.07. The van der Waals surface area contributed by atoms with E-state index in [1.165, 1.54) is 7.11 Å². The molecular formula is C20H17BrN2O4S. The van der Waals surface area contributed by atoms with Crippen LogP contribution in [0.3, 0.4) is 0 Å². The fraction of sp³-hybridized carbons (Fsp3) is 0.150. The summed E-state index contributed by atoms with van der Waals surface area (Å²) >= 11 is 4.18. The number of halogens is 1. The number of carbonyl (C=O) groups excluding carboxylic acids is 3. The summed E-state index contributed by atoms with van der Waals surface area (Å²) in [5.41, 5.74) is 2.27. The third kappa shape index (κ3) is 4.63. The number of rotatable bonds is 5. The molecule has 2 aromatic carbocycles. The van der Waals surface area contributed by atoms with Gasteiger partial charge in [0.15, 0.2) is 0 Å². The van der Waals surface area contributed by atoms with Crippen LogP contribution in [-0.2, 0) is 9.59 Å². The number of carbonyl (C=O) groups is 3. The number of ether oxygens (including phenoxy) is 1. The molecule has 0 unspecified atom stereocenters. The third-order valence-electron chi connectivity index (χ3n) is 3.96. The largest absolute Gasteiger partial charge is 0.496 e. The Labute approximate surface area is 175 Å². The van der Waals surface area contributed by atoms with E-state index in [1.54, 1.807) is 24.3 Å². The number of methoxy groups -OCH3 is 1. The van der Waals surface area contributed by atoms with Crippen molar-refractivity contribution in [3.63, 3.8) is 0 Å². The highest BCUT2D eigenvalue weighted by molar-refractivity contribution is 9.10. The molecule has 0 bridgehead atoms. The van der Waals surface area contributed by atoms with Gasteiger partial charge < -0.3 is 10.1 Å². The van der Waals surface area contributed by atoms with Crippen molar-refractivity contribution < 1.29 is 19.1 Å². The van der Waals surface area contributed by atoms with Gasteiger partial charge in [0.25, 0.3) is 11.1 Å². The Morgan fingerprint density at radius 3 is 2.75 bits per heavy atom. The van der Waals surface area contributed by atoms with Gasteiger partial charge in [0.05, 0.1) is 12.0 Å². The first-order valence-electron chi connectivity index (χ1n) is 8.33. The van der Waals surface area contributed by atoms with Crippen molar-refractivity contribution in [3.8, 4) is 5.75 Å². The summed E-state index contributed by atoms with van der Waals surface area (Å²) in [6.45, 7) is 1.57. The molecule has 1 fully saturated rings. The fourth-order valence-electron chi connectivity index (χ4n) is 2.66. The molecule has 0 radical (unpaired) electrons. The van der Waals surface area contributed by atoms with E-state index in [4.69, 9.17) is 4.74 Å². The highest BCUT2D eigenvalue weighted by atomic mass is 79.9. The summed E-state index contributed by atoms with van der Waals surface area (Å²) in [6, 6.07) is 12.7. The second-order valence-corrected chi connectivity index (χ2v) is 7.98. The first-order chi connectivity index (χ1) is 13.4. The molecule has 1 saturated heterocycles. The van der Waals surface area contributed by atoms with E-state index in [-0.39, 0.29) is 11.4 Å². The lowest BCUT2D eigenvalue weighted by atomic mass is 10.2. The minimum absolute atomic E-state index is 0.241. The molecule has 0 spiro atoms. The lowest BCUT2D eigenvalue weighted by molar-refractivity contribution is -0.127. The van der Waals surface area contributed by atoms with E-state index in [0.717, 1.165) is 26.7 Å². The van der Waals surface area contributed by atoms with Gasteiger partial charge in [0.1, 0.15) is 12.3 Å². The molecule has 0 saturated carbocycles. The number of aryl methyl sites for hydroxylation is 1. The highest BCUT2D eigenvalue weighted by Crippen LogP contribution is 2.34. The van der Waals surface area contributed by atoms with Crippen molar-refractivity contribution in [3.05, 3.63) is 63.0 Å². The van der Waals surface area contributed by atoms with Crippen molar-refractivity contribution in [2.45, 2.75) is 6.92 Å². The summed E-state index contributed by atoms with van der Waals surface area (Å²) in [5.74, 6) is -0.363. The Morgan fingerprint density at radius 1 is 1.25 bits per heavy atom. The fourth-order valence-corrected chi connectivity index (χ4v) is 3.87. The van der Waals surface area contributed by atoms with Gasteiger partial charge >= 0.3 is 0 Å². The van der Waals surface area contributed by atoms with Crippen molar-refractivity contribution in [1.82, 2.24) is 4.90 Å². The van der Waals surface area contributed by atoms with Gasteiger partial charge in [0, 0.05) is 15.7 Å². The summed E-state index contributed by atoms with van der Waals surface area (Å²) in [6.07, 6.45) is 1.59. The quantitative estimate of drug-likeness (QED) is 0.667. The van der Waals surface area contributed by atoms with E-state index in [1.807, 2.05) is 31.2 Å². The van der Waals surface area contributed by atoms with Crippen LogP contribution in [-0.4, -0.2) is 35.6 Å². The minimum atomic E-state index is -0.503. The molecule has 0 atom stereocenters. The molecule has 1 N–H and O–H groups in total. The van der Waals surface area contributed by atoms with Gasteiger partial charge in [-0.2, -0.15) is 0 Å². The standard InChI is InChI=1S/C20H17BrN2O4S/c1-12-4-3-5-15(8-12)22-18(24)11-23-19(25)17(28-20(23)26)10-13-9-14(21)6-7-16(13)27-2/h3-10H,11H2,1-2H3,(H,22,24)/b17-10+. The summed E-state index contributed by atoms with van der Waals surface area (Å²) in [7, 11) is 1.53. The molecule has 1 heterocycles. The number of anilines is 1. The van der Waals surface area contributed by atoms with Crippen molar-refractivity contribution in [2.24, 2.45) is 0 Å². The predicted octanol–water partition coefficient (Wildman–Crippen LogP) is 4.44. The van der Waals surface area contributed by atoms with E-state index < -0.39 is 17.1 Å². The lowest BCUT2D eigenvalue weighted by Gasteiger charge is -2.12. The average Bonchev–Trinajstić information content (AvgIpc) is 2.89. The molecule has 0 aromatic heterocycles. The van der Waals surface area contributed by atoms with Crippen LogP contribution >= 0.6 is 27.7 Å². The molecule has 144 valence electrons. The Morgan fingerprint density at radius 2 is 2.04 bits per heavy atom. The Bertz CT molecular complexity index is 990. The maximum Gasteiger partial charge on any atom is 0.294 e. The Kier molecular flexibility index (Phi) is 6.21. The van der Waals surface area contributed by atoms with Crippen molar-refractivity contribution >= 4 is 56.5 Å². The summed E-state index contributed by atoms with van der Waals surface area (Å²) < 4.78 is 6.11. The molecule has 28 heavy (non-hydrogen) atoms. The molecular weight excluding hydrogens is 444 g/mol.